The lowest BCUT2D eigenvalue weighted by atomic mass is 9.87. The van der Waals surface area contributed by atoms with Crippen LogP contribution in [0, 0.1) is 11.8 Å². The topological polar surface area (TPSA) is 115 Å². The van der Waals surface area contributed by atoms with E-state index in [1.807, 2.05) is 37.3 Å². The maximum absolute atomic E-state index is 11.2. The lowest BCUT2D eigenvalue weighted by Gasteiger charge is -2.37. The predicted octanol–water partition coefficient (Wildman–Crippen LogP) is 3.44. The van der Waals surface area contributed by atoms with Crippen LogP contribution in [0.2, 0.25) is 0 Å². The van der Waals surface area contributed by atoms with Crippen LogP contribution in [-0.4, -0.2) is 70.1 Å². The monoisotopic (exact) mass is 492 g/mol. The van der Waals surface area contributed by atoms with Crippen molar-refractivity contribution in [3.05, 3.63) is 35.9 Å². The number of rotatable bonds is 8. The fourth-order valence-electron chi connectivity index (χ4n) is 5.85. The number of ether oxygens (including phenoxy) is 4. The zero-order valence-electron chi connectivity index (χ0n) is 20.9. The minimum absolute atomic E-state index is 0.0703. The molecule has 3 aliphatic heterocycles. The Bertz CT molecular complexity index is 830. The van der Waals surface area contributed by atoms with E-state index in [2.05, 4.69) is 6.92 Å². The summed E-state index contributed by atoms with van der Waals surface area (Å²) >= 11 is 0. The van der Waals surface area contributed by atoms with E-state index in [9.17, 15) is 15.0 Å². The number of hydrogen-bond donors (Lipinski definition) is 3. The van der Waals surface area contributed by atoms with E-state index in [-0.39, 0.29) is 49.1 Å². The molecule has 10 atom stereocenters. The summed E-state index contributed by atoms with van der Waals surface area (Å²) in [5, 5.41) is 31.2. The first kappa shape index (κ1) is 26.5. The molecule has 1 aromatic carbocycles. The zero-order valence-corrected chi connectivity index (χ0v) is 20.9. The minimum Gasteiger partial charge on any atom is -0.481 e. The maximum atomic E-state index is 11.2. The number of aliphatic hydroxyl groups is 2. The van der Waals surface area contributed by atoms with Crippen molar-refractivity contribution in [1.29, 1.82) is 0 Å². The number of carbonyl (C=O) groups is 1. The molecular formula is C27H40O8. The van der Waals surface area contributed by atoms with Crippen molar-refractivity contribution in [1.82, 2.24) is 0 Å². The molecule has 3 aliphatic rings. The third-order valence-electron chi connectivity index (χ3n) is 7.79. The lowest BCUT2D eigenvalue weighted by Crippen LogP contribution is -2.46. The van der Waals surface area contributed by atoms with Crippen molar-refractivity contribution < 1.29 is 39.1 Å². The molecule has 0 radical (unpaired) electrons. The van der Waals surface area contributed by atoms with E-state index in [4.69, 9.17) is 24.1 Å². The number of carboxylic acids is 1. The first-order valence-electron chi connectivity index (χ1n) is 12.9. The highest BCUT2D eigenvalue weighted by Crippen LogP contribution is 2.39. The van der Waals surface area contributed by atoms with Gasteiger partial charge in [-0.3, -0.25) is 4.79 Å². The summed E-state index contributed by atoms with van der Waals surface area (Å²) in [4.78, 5) is 11.1. The van der Waals surface area contributed by atoms with Crippen molar-refractivity contribution in [3.8, 4) is 0 Å². The van der Waals surface area contributed by atoms with Crippen LogP contribution in [0.3, 0.4) is 0 Å². The van der Waals surface area contributed by atoms with Gasteiger partial charge >= 0.3 is 5.97 Å². The van der Waals surface area contributed by atoms with Gasteiger partial charge in [0.05, 0.1) is 49.1 Å². The van der Waals surface area contributed by atoms with Crippen molar-refractivity contribution in [3.63, 3.8) is 0 Å². The first-order valence-corrected chi connectivity index (χ1v) is 12.9. The molecule has 0 spiro atoms. The van der Waals surface area contributed by atoms with Gasteiger partial charge in [-0.05, 0) is 44.4 Å². The molecular weight excluding hydrogens is 452 g/mol. The first-order chi connectivity index (χ1) is 16.6. The number of carboxylic acid groups (broad SMARTS) is 1. The average molecular weight is 493 g/mol. The molecule has 0 bridgehead atoms. The Labute approximate surface area is 207 Å². The average Bonchev–Trinajstić information content (AvgIpc) is 3.11. The summed E-state index contributed by atoms with van der Waals surface area (Å²) in [6, 6.07) is 9.78. The second-order valence-electron chi connectivity index (χ2n) is 10.9. The molecule has 8 heteroatoms. The molecule has 1 aromatic rings. The fourth-order valence-corrected chi connectivity index (χ4v) is 5.85. The van der Waals surface area contributed by atoms with Gasteiger partial charge in [0.25, 0.3) is 0 Å². The van der Waals surface area contributed by atoms with Crippen LogP contribution < -0.4 is 0 Å². The quantitative estimate of drug-likeness (QED) is 0.506. The summed E-state index contributed by atoms with van der Waals surface area (Å²) < 4.78 is 24.6. The standard InChI is InChI=1S/C27H40O8/c1-16-11-20(33-25(16)17(2)12-24(29)30)13-19(28)14-23-27(3,31)10-9-21-22(34-23)15-32-26(35-21)18-7-5-4-6-8-18/h4-8,16-17,19-23,25-26,28,31H,9-15H2,1-3H3,(H,29,30)/t16-,17+,19+,20+,21+,22-,23+,25+,26-,27-/m1/s1. The van der Waals surface area contributed by atoms with E-state index in [0.29, 0.717) is 25.9 Å². The highest BCUT2D eigenvalue weighted by atomic mass is 16.7. The predicted molar refractivity (Wildman–Crippen MR) is 128 cm³/mol. The molecule has 3 N–H and O–H groups in total. The molecule has 0 aromatic heterocycles. The third kappa shape index (κ3) is 6.61. The van der Waals surface area contributed by atoms with Crippen molar-refractivity contribution in [2.24, 2.45) is 11.8 Å². The molecule has 35 heavy (non-hydrogen) atoms. The molecule has 3 fully saturated rings. The number of benzene rings is 1. The van der Waals surface area contributed by atoms with Gasteiger partial charge in [-0.25, -0.2) is 0 Å². The van der Waals surface area contributed by atoms with Gasteiger partial charge in [0.1, 0.15) is 6.10 Å². The zero-order chi connectivity index (χ0) is 25.2. The molecule has 3 saturated heterocycles. The van der Waals surface area contributed by atoms with Crippen LogP contribution in [-0.2, 0) is 23.7 Å². The number of hydrogen-bond acceptors (Lipinski definition) is 7. The Kier molecular flexibility index (Phi) is 8.51. The summed E-state index contributed by atoms with van der Waals surface area (Å²) in [6.07, 6.45) is 0.187. The Balaban J connectivity index is 1.32. The maximum Gasteiger partial charge on any atom is 0.303 e. The van der Waals surface area contributed by atoms with Gasteiger partial charge in [-0.1, -0.05) is 44.2 Å². The summed E-state index contributed by atoms with van der Waals surface area (Å²) in [6.45, 7) is 6.09. The smallest absolute Gasteiger partial charge is 0.303 e. The molecule has 0 saturated carbocycles. The normalized spacial score (nSPS) is 39.4. The van der Waals surface area contributed by atoms with Crippen molar-refractivity contribution in [2.75, 3.05) is 6.61 Å². The van der Waals surface area contributed by atoms with Gasteiger partial charge in [0, 0.05) is 12.0 Å². The van der Waals surface area contributed by atoms with Crippen molar-refractivity contribution in [2.45, 2.75) is 108 Å². The molecule has 0 aliphatic carbocycles. The number of aliphatic hydroxyl groups excluding tert-OH is 1. The Morgan fingerprint density at radius 1 is 1.14 bits per heavy atom. The Hall–Kier alpha value is -1.55. The number of fused-ring (bicyclic) bond motifs is 1. The van der Waals surface area contributed by atoms with Crippen LogP contribution in [0.25, 0.3) is 0 Å². The van der Waals surface area contributed by atoms with Crippen LogP contribution in [0.5, 0.6) is 0 Å². The van der Waals surface area contributed by atoms with Crippen LogP contribution in [0.1, 0.15) is 71.1 Å². The van der Waals surface area contributed by atoms with E-state index in [1.165, 1.54) is 0 Å². The van der Waals surface area contributed by atoms with E-state index in [1.54, 1.807) is 6.92 Å². The molecule has 4 rings (SSSR count). The highest BCUT2D eigenvalue weighted by Gasteiger charge is 2.45. The molecule has 8 nitrogen and oxygen atoms in total. The van der Waals surface area contributed by atoms with Crippen LogP contribution in [0.4, 0.5) is 0 Å². The van der Waals surface area contributed by atoms with Gasteiger partial charge in [-0.2, -0.15) is 0 Å². The largest absolute Gasteiger partial charge is 0.481 e. The van der Waals surface area contributed by atoms with E-state index >= 15 is 0 Å². The molecule has 0 amide bonds. The van der Waals surface area contributed by atoms with Gasteiger partial charge in [0.15, 0.2) is 6.29 Å². The van der Waals surface area contributed by atoms with Gasteiger partial charge in [0.2, 0.25) is 0 Å². The second-order valence-corrected chi connectivity index (χ2v) is 10.9. The molecule has 196 valence electrons. The van der Waals surface area contributed by atoms with Crippen LogP contribution in [0.15, 0.2) is 30.3 Å². The Morgan fingerprint density at radius 2 is 1.89 bits per heavy atom. The summed E-state index contributed by atoms with van der Waals surface area (Å²) in [5.74, 6) is -0.680. The molecule has 3 heterocycles. The van der Waals surface area contributed by atoms with Gasteiger partial charge < -0.3 is 34.3 Å². The highest BCUT2D eigenvalue weighted by molar-refractivity contribution is 5.67. The summed E-state index contributed by atoms with van der Waals surface area (Å²) in [5.41, 5.74) is -0.151. The minimum atomic E-state index is -1.10. The van der Waals surface area contributed by atoms with E-state index in [0.717, 1.165) is 12.0 Å². The third-order valence-corrected chi connectivity index (χ3v) is 7.79. The molecule has 0 unspecified atom stereocenters. The Morgan fingerprint density at radius 3 is 2.60 bits per heavy atom. The second kappa shape index (κ2) is 11.2. The van der Waals surface area contributed by atoms with Crippen LogP contribution >= 0.6 is 0 Å². The summed E-state index contributed by atoms with van der Waals surface area (Å²) in [7, 11) is 0. The number of aliphatic carboxylic acids is 1. The lowest BCUT2D eigenvalue weighted by molar-refractivity contribution is -0.274. The fraction of sp³-hybridized carbons (Fsp3) is 0.741. The van der Waals surface area contributed by atoms with Crippen molar-refractivity contribution >= 4 is 5.97 Å². The SMILES string of the molecule is C[C@@H]1C[C@@H](C[C@H](O)C[C@@H]2O[C@@H]3CO[C@@H](c4ccccc4)O[C@H]3CC[C@@]2(C)O)O[C@@H]1[C@@H](C)CC(=O)O. The van der Waals surface area contributed by atoms with E-state index < -0.39 is 30.1 Å². The van der Waals surface area contributed by atoms with Gasteiger partial charge in [-0.15, -0.1) is 0 Å².